The number of carbonyl (C=O) groups is 3. The average molecular weight is 481 g/mol. The van der Waals surface area contributed by atoms with Crippen LogP contribution in [0.2, 0.25) is 0 Å². The number of nitrogens with one attached hydrogen (secondary N) is 1. The fourth-order valence-electron chi connectivity index (χ4n) is 7.06. The molecule has 180 valence electrons. The number of hydrogen-bond donors (Lipinski definition) is 1. The van der Waals surface area contributed by atoms with Crippen LogP contribution >= 0.6 is 11.3 Å². The number of amides is 1. The van der Waals surface area contributed by atoms with E-state index in [1.165, 1.54) is 29.6 Å². The number of aromatic nitrogens is 1. The first kappa shape index (κ1) is 23.2. The zero-order chi connectivity index (χ0) is 24.0. The molecule has 7 heteroatoms. The summed E-state index contributed by atoms with van der Waals surface area (Å²) >= 11 is 1.48. The summed E-state index contributed by atoms with van der Waals surface area (Å²) in [5, 5.41) is 3.56. The van der Waals surface area contributed by atoms with Crippen molar-refractivity contribution in [2.24, 2.45) is 23.2 Å². The first-order valence-corrected chi connectivity index (χ1v) is 13.1. The Balaban J connectivity index is 1.33. The van der Waals surface area contributed by atoms with Crippen LogP contribution in [-0.2, 0) is 20.7 Å². The molecule has 3 aliphatic rings. The van der Waals surface area contributed by atoms with Crippen molar-refractivity contribution in [3.05, 3.63) is 46.0 Å². The number of ketones is 1. The number of aryl methyl sites for hydroxylation is 2. The van der Waals surface area contributed by atoms with Crippen LogP contribution in [0.15, 0.2) is 24.4 Å². The molecule has 1 N–H and O–H groups in total. The van der Waals surface area contributed by atoms with Gasteiger partial charge in [-0.2, -0.15) is 0 Å². The largest absolute Gasteiger partial charge is 0.465 e. The lowest BCUT2D eigenvalue weighted by molar-refractivity contribution is -0.129. The summed E-state index contributed by atoms with van der Waals surface area (Å²) in [7, 11) is 1.41. The van der Waals surface area contributed by atoms with Gasteiger partial charge in [0.25, 0.3) is 0 Å². The van der Waals surface area contributed by atoms with Crippen LogP contribution in [-0.4, -0.2) is 29.8 Å². The van der Waals surface area contributed by atoms with Crippen molar-refractivity contribution in [2.45, 2.75) is 64.7 Å². The van der Waals surface area contributed by atoms with Gasteiger partial charge in [-0.1, -0.05) is 13.0 Å². The van der Waals surface area contributed by atoms with E-state index in [4.69, 9.17) is 4.74 Å². The number of thiazole rings is 1. The molecule has 0 aliphatic heterocycles. The maximum Gasteiger partial charge on any atom is 0.337 e. The fraction of sp³-hybridized carbons (Fsp3) is 0.556. The topological polar surface area (TPSA) is 85.4 Å². The van der Waals surface area contributed by atoms with Crippen molar-refractivity contribution in [3.8, 4) is 0 Å². The van der Waals surface area contributed by atoms with Gasteiger partial charge in [0.05, 0.1) is 12.7 Å². The first-order valence-electron chi connectivity index (χ1n) is 12.3. The van der Waals surface area contributed by atoms with E-state index in [2.05, 4.69) is 23.3 Å². The van der Waals surface area contributed by atoms with Crippen molar-refractivity contribution in [3.63, 3.8) is 0 Å². The maximum absolute atomic E-state index is 13.2. The second kappa shape index (κ2) is 8.91. The lowest BCUT2D eigenvalue weighted by atomic mass is 9.54. The standard InChI is InChI=1S/C27H32N2O4S/c1-15-14-28-26(34-15)29-23(31)9-6-17-13-22(30)27(2)11-10-20-19-7-5-18(25(32)33-3)12-16(19)4-8-21(20)24(17)27/h5,7,12,14,17,20-21,24H,4,6,8-11,13H2,1-3H3,(H,28,29,31)/t17-,20-,21-,24+,27-/m1/s1. The molecule has 2 fully saturated rings. The highest BCUT2D eigenvalue weighted by Gasteiger charge is 2.58. The van der Waals surface area contributed by atoms with Crippen LogP contribution in [0.5, 0.6) is 0 Å². The number of anilines is 1. The number of benzene rings is 1. The molecule has 1 aromatic heterocycles. The molecule has 3 aliphatic carbocycles. The second-order valence-corrected chi connectivity index (χ2v) is 11.7. The Morgan fingerprint density at radius 1 is 1.29 bits per heavy atom. The minimum absolute atomic E-state index is 0.0212. The maximum atomic E-state index is 13.2. The minimum atomic E-state index is -0.297. The average Bonchev–Trinajstić information content (AvgIpc) is 3.35. The van der Waals surface area contributed by atoms with Crippen LogP contribution in [0, 0.1) is 30.1 Å². The van der Waals surface area contributed by atoms with Gasteiger partial charge < -0.3 is 10.1 Å². The van der Waals surface area contributed by atoms with Gasteiger partial charge in [-0.25, -0.2) is 9.78 Å². The zero-order valence-corrected chi connectivity index (χ0v) is 20.9. The number of fused-ring (bicyclic) bond motifs is 5. The molecular formula is C27H32N2O4S. The number of nitrogens with zero attached hydrogens (tertiary/aromatic N) is 1. The molecule has 0 saturated heterocycles. The quantitative estimate of drug-likeness (QED) is 0.586. The highest BCUT2D eigenvalue weighted by Crippen LogP contribution is 2.62. The van der Waals surface area contributed by atoms with Crippen LogP contribution in [0.1, 0.15) is 77.7 Å². The molecule has 0 spiro atoms. The van der Waals surface area contributed by atoms with Crippen molar-refractivity contribution >= 4 is 34.1 Å². The number of Topliss-reactive ketones (excluding diaryl/α,β-unsaturated/α-hetero) is 1. The molecule has 0 unspecified atom stereocenters. The smallest absolute Gasteiger partial charge is 0.337 e. The molecule has 2 aromatic rings. The Kier molecular flexibility index (Phi) is 6.09. The lowest BCUT2D eigenvalue weighted by Crippen LogP contribution is -2.44. The monoisotopic (exact) mass is 480 g/mol. The Labute approximate surface area is 204 Å². The van der Waals surface area contributed by atoms with Gasteiger partial charge in [-0.05, 0) is 86.0 Å². The SMILES string of the molecule is COC(=O)c1ccc2c(c1)CC[C@H]1[C@@H]3[C@H](CCC(=O)Nc4ncc(C)s4)CC(=O)[C@@]3(C)CC[C@H]21. The summed E-state index contributed by atoms with van der Waals surface area (Å²) in [5.41, 5.74) is 2.90. The molecule has 0 bridgehead atoms. The number of methoxy groups -OCH3 is 1. The summed E-state index contributed by atoms with van der Waals surface area (Å²) in [5.74, 6) is 1.46. The molecule has 1 amide bonds. The van der Waals surface area contributed by atoms with E-state index in [0.29, 0.717) is 47.1 Å². The molecule has 1 heterocycles. The van der Waals surface area contributed by atoms with Gasteiger partial charge in [-0.15, -0.1) is 11.3 Å². The number of ether oxygens (including phenoxy) is 1. The van der Waals surface area contributed by atoms with Crippen molar-refractivity contribution in [1.29, 1.82) is 0 Å². The van der Waals surface area contributed by atoms with Gasteiger partial charge in [0, 0.05) is 29.3 Å². The fourth-order valence-corrected chi connectivity index (χ4v) is 7.74. The lowest BCUT2D eigenvalue weighted by Gasteiger charge is -2.50. The number of rotatable bonds is 5. The summed E-state index contributed by atoms with van der Waals surface area (Å²) in [4.78, 5) is 43.1. The van der Waals surface area contributed by atoms with Gasteiger partial charge in [-0.3, -0.25) is 9.59 Å². The van der Waals surface area contributed by atoms with E-state index < -0.39 is 0 Å². The molecule has 5 rings (SSSR count). The third-order valence-electron chi connectivity index (χ3n) is 8.60. The predicted molar refractivity (Wildman–Crippen MR) is 131 cm³/mol. The molecule has 34 heavy (non-hydrogen) atoms. The van der Waals surface area contributed by atoms with E-state index in [1.807, 2.05) is 19.1 Å². The molecule has 6 nitrogen and oxygen atoms in total. The summed E-state index contributed by atoms with van der Waals surface area (Å²) in [6.07, 6.45) is 7.34. The third kappa shape index (κ3) is 3.98. The summed E-state index contributed by atoms with van der Waals surface area (Å²) in [6.45, 7) is 4.14. The van der Waals surface area contributed by atoms with Gasteiger partial charge in [0.1, 0.15) is 5.78 Å². The zero-order valence-electron chi connectivity index (χ0n) is 20.1. The van der Waals surface area contributed by atoms with E-state index in [0.717, 1.165) is 37.0 Å². The molecule has 1 aromatic carbocycles. The predicted octanol–water partition coefficient (Wildman–Crippen LogP) is 5.31. The number of hydrogen-bond acceptors (Lipinski definition) is 6. The van der Waals surface area contributed by atoms with Gasteiger partial charge in [0.2, 0.25) is 5.91 Å². The van der Waals surface area contributed by atoms with Gasteiger partial charge in [0.15, 0.2) is 5.13 Å². The third-order valence-corrected chi connectivity index (χ3v) is 9.43. The summed E-state index contributed by atoms with van der Waals surface area (Å²) < 4.78 is 4.90. The van der Waals surface area contributed by atoms with Gasteiger partial charge >= 0.3 is 5.97 Å². The van der Waals surface area contributed by atoms with Crippen molar-refractivity contribution in [1.82, 2.24) is 4.98 Å². The number of esters is 1. The van der Waals surface area contributed by atoms with E-state index in [1.54, 1.807) is 6.20 Å². The molecule has 2 saturated carbocycles. The highest BCUT2D eigenvalue weighted by molar-refractivity contribution is 7.15. The van der Waals surface area contributed by atoms with E-state index in [-0.39, 0.29) is 23.2 Å². The van der Waals surface area contributed by atoms with Crippen LogP contribution in [0.25, 0.3) is 0 Å². The number of carbonyl (C=O) groups excluding carboxylic acids is 3. The van der Waals surface area contributed by atoms with Crippen molar-refractivity contribution < 1.29 is 19.1 Å². The van der Waals surface area contributed by atoms with E-state index in [9.17, 15) is 14.4 Å². The van der Waals surface area contributed by atoms with Crippen LogP contribution in [0.4, 0.5) is 5.13 Å². The normalized spacial score (nSPS) is 29.7. The Morgan fingerprint density at radius 2 is 2.12 bits per heavy atom. The summed E-state index contributed by atoms with van der Waals surface area (Å²) in [6, 6.07) is 5.98. The van der Waals surface area contributed by atoms with Crippen molar-refractivity contribution in [2.75, 3.05) is 12.4 Å². The van der Waals surface area contributed by atoms with Crippen LogP contribution < -0.4 is 5.32 Å². The molecule has 5 atom stereocenters. The Hall–Kier alpha value is -2.54. The second-order valence-electron chi connectivity index (χ2n) is 10.4. The van der Waals surface area contributed by atoms with Crippen LogP contribution in [0.3, 0.4) is 0 Å². The molecular weight excluding hydrogens is 448 g/mol. The minimum Gasteiger partial charge on any atom is -0.465 e. The first-order chi connectivity index (χ1) is 16.3. The Morgan fingerprint density at radius 3 is 2.85 bits per heavy atom. The van der Waals surface area contributed by atoms with E-state index >= 15 is 0 Å². The Bertz CT molecular complexity index is 1140. The molecule has 0 radical (unpaired) electrons. The highest BCUT2D eigenvalue weighted by atomic mass is 32.1.